The van der Waals surface area contributed by atoms with Gasteiger partial charge >= 0.3 is 0 Å². The van der Waals surface area contributed by atoms with E-state index in [4.69, 9.17) is 16.3 Å². The Morgan fingerprint density at radius 2 is 1.52 bits per heavy atom. The molecule has 174 valence electrons. The largest absolute Gasteiger partial charge is 0.483 e. The molecule has 0 aromatic heterocycles. The summed E-state index contributed by atoms with van der Waals surface area (Å²) < 4.78 is 5.65. The van der Waals surface area contributed by atoms with Gasteiger partial charge in [-0.25, -0.2) is 0 Å². The number of hydrogen-bond acceptors (Lipinski definition) is 3. The maximum atomic E-state index is 11.4. The Hall–Kier alpha value is -2.62. The molecule has 3 nitrogen and oxygen atoms in total. The smallest absolute Gasteiger partial charge is 0.169 e. The summed E-state index contributed by atoms with van der Waals surface area (Å²) in [6.07, 6.45) is 1.66. The Kier molecular flexibility index (Phi) is 9.11. The lowest BCUT2D eigenvalue weighted by molar-refractivity contribution is -0.122. The summed E-state index contributed by atoms with van der Waals surface area (Å²) in [5.74, 6) is 1.07. The van der Waals surface area contributed by atoms with Crippen molar-refractivity contribution in [2.24, 2.45) is 0 Å². The summed E-state index contributed by atoms with van der Waals surface area (Å²) in [5, 5.41) is 0.766. The van der Waals surface area contributed by atoms with E-state index in [0.717, 1.165) is 36.7 Å². The SMILES string of the molecule is CC(=O)[C@@H](C)Oc1ccc(CCCN(C)CC(c2ccc(C)cc2)c2ccc(Cl)cc2)cc1. The first-order valence-corrected chi connectivity index (χ1v) is 12.0. The molecule has 0 aliphatic heterocycles. The maximum Gasteiger partial charge on any atom is 0.169 e. The van der Waals surface area contributed by atoms with Crippen molar-refractivity contribution >= 4 is 17.4 Å². The van der Waals surface area contributed by atoms with E-state index in [1.54, 1.807) is 13.8 Å². The fourth-order valence-electron chi connectivity index (χ4n) is 3.87. The fourth-order valence-corrected chi connectivity index (χ4v) is 4.00. The fraction of sp³-hybridized carbons (Fsp3) is 0.345. The van der Waals surface area contributed by atoms with Gasteiger partial charge in [0, 0.05) is 17.5 Å². The molecular formula is C29H34ClNO2. The van der Waals surface area contributed by atoms with Crippen LogP contribution in [0.25, 0.3) is 0 Å². The topological polar surface area (TPSA) is 29.5 Å². The van der Waals surface area contributed by atoms with Gasteiger partial charge in [0.15, 0.2) is 11.9 Å². The zero-order valence-corrected chi connectivity index (χ0v) is 20.8. The van der Waals surface area contributed by atoms with E-state index in [1.807, 2.05) is 24.3 Å². The van der Waals surface area contributed by atoms with E-state index in [2.05, 4.69) is 67.4 Å². The molecule has 0 saturated carbocycles. The highest BCUT2D eigenvalue weighted by atomic mass is 35.5. The molecular weight excluding hydrogens is 430 g/mol. The van der Waals surface area contributed by atoms with Crippen LogP contribution in [0.3, 0.4) is 0 Å². The molecule has 0 aliphatic carbocycles. The van der Waals surface area contributed by atoms with Crippen molar-refractivity contribution in [1.82, 2.24) is 4.90 Å². The molecule has 33 heavy (non-hydrogen) atoms. The van der Waals surface area contributed by atoms with E-state index in [1.165, 1.54) is 22.3 Å². The van der Waals surface area contributed by atoms with Crippen LogP contribution >= 0.6 is 11.6 Å². The van der Waals surface area contributed by atoms with Crippen molar-refractivity contribution in [1.29, 1.82) is 0 Å². The second-order valence-corrected chi connectivity index (χ2v) is 9.33. The molecule has 1 unspecified atom stereocenters. The second kappa shape index (κ2) is 12.0. The number of hydrogen-bond donors (Lipinski definition) is 0. The average Bonchev–Trinajstić information content (AvgIpc) is 2.80. The molecule has 4 heteroatoms. The number of benzene rings is 3. The zero-order valence-electron chi connectivity index (χ0n) is 20.1. The summed E-state index contributed by atoms with van der Waals surface area (Å²) in [6.45, 7) is 7.40. The first kappa shape index (κ1) is 25.0. The van der Waals surface area contributed by atoms with Gasteiger partial charge in [0.25, 0.3) is 0 Å². The third-order valence-corrected chi connectivity index (χ3v) is 6.31. The van der Waals surface area contributed by atoms with E-state index < -0.39 is 6.10 Å². The minimum absolute atomic E-state index is 0.0321. The lowest BCUT2D eigenvalue weighted by Gasteiger charge is -2.25. The zero-order chi connectivity index (χ0) is 23.8. The number of ketones is 1. The van der Waals surface area contributed by atoms with Crippen LogP contribution in [-0.2, 0) is 11.2 Å². The first-order chi connectivity index (χ1) is 15.8. The average molecular weight is 464 g/mol. The Morgan fingerprint density at radius 1 is 0.939 bits per heavy atom. The third-order valence-electron chi connectivity index (χ3n) is 6.06. The number of carbonyl (C=O) groups is 1. The molecule has 0 fully saturated rings. The van der Waals surface area contributed by atoms with Gasteiger partial charge in [-0.3, -0.25) is 4.79 Å². The maximum absolute atomic E-state index is 11.4. The first-order valence-electron chi connectivity index (χ1n) is 11.6. The summed E-state index contributed by atoms with van der Waals surface area (Å²) in [7, 11) is 2.19. The predicted molar refractivity (Wildman–Crippen MR) is 138 cm³/mol. The molecule has 3 aromatic rings. The molecule has 3 rings (SSSR count). The monoisotopic (exact) mass is 463 g/mol. The number of halogens is 1. The van der Waals surface area contributed by atoms with Crippen molar-refractivity contribution in [2.75, 3.05) is 20.1 Å². The van der Waals surface area contributed by atoms with E-state index in [0.29, 0.717) is 5.92 Å². The molecule has 0 spiro atoms. The van der Waals surface area contributed by atoms with Gasteiger partial charge in [-0.2, -0.15) is 0 Å². The number of Topliss-reactive ketones (excluding diaryl/α,β-unsaturated/α-hetero) is 1. The van der Waals surface area contributed by atoms with Crippen LogP contribution in [0.1, 0.15) is 48.4 Å². The second-order valence-electron chi connectivity index (χ2n) is 8.90. The number of ether oxygens (including phenoxy) is 1. The van der Waals surface area contributed by atoms with Crippen molar-refractivity contribution in [3.8, 4) is 5.75 Å². The van der Waals surface area contributed by atoms with Crippen LogP contribution in [0.15, 0.2) is 72.8 Å². The summed E-state index contributed by atoms with van der Waals surface area (Å²) in [4.78, 5) is 13.8. The lowest BCUT2D eigenvalue weighted by atomic mass is 9.90. The summed E-state index contributed by atoms with van der Waals surface area (Å²) in [6, 6.07) is 25.1. The molecule has 0 saturated heterocycles. The number of rotatable bonds is 11. The van der Waals surface area contributed by atoms with Gasteiger partial charge in [-0.15, -0.1) is 0 Å². The number of likely N-dealkylation sites (N-methyl/N-ethyl adjacent to an activating group) is 1. The van der Waals surface area contributed by atoms with Gasteiger partial charge < -0.3 is 9.64 Å². The number of carbonyl (C=O) groups excluding carboxylic acids is 1. The highest BCUT2D eigenvalue weighted by Crippen LogP contribution is 2.27. The molecule has 0 aliphatic rings. The number of nitrogens with zero attached hydrogens (tertiary/aromatic N) is 1. The normalized spacial score (nSPS) is 13.0. The van der Waals surface area contributed by atoms with Crippen LogP contribution in [0.4, 0.5) is 0 Å². The Bertz CT molecular complexity index is 967. The van der Waals surface area contributed by atoms with Crippen molar-refractivity contribution in [3.63, 3.8) is 0 Å². The Balaban J connectivity index is 1.57. The summed E-state index contributed by atoms with van der Waals surface area (Å²) >= 11 is 6.13. The molecule has 0 radical (unpaired) electrons. The van der Waals surface area contributed by atoms with Crippen molar-refractivity contribution in [3.05, 3.63) is 100 Å². The van der Waals surface area contributed by atoms with Crippen LogP contribution in [0, 0.1) is 6.92 Å². The molecule has 0 bridgehead atoms. The van der Waals surface area contributed by atoms with Gasteiger partial charge in [-0.05, 0) is 88.2 Å². The predicted octanol–water partition coefficient (Wildman–Crippen LogP) is 6.70. The van der Waals surface area contributed by atoms with Crippen molar-refractivity contribution in [2.45, 2.75) is 45.6 Å². The highest BCUT2D eigenvalue weighted by Gasteiger charge is 2.17. The van der Waals surface area contributed by atoms with Crippen molar-refractivity contribution < 1.29 is 9.53 Å². The molecule has 0 amide bonds. The van der Waals surface area contributed by atoms with Gasteiger partial charge in [0.05, 0.1) is 0 Å². The minimum atomic E-state index is -0.411. The van der Waals surface area contributed by atoms with Crippen LogP contribution in [-0.4, -0.2) is 36.9 Å². The molecule has 0 heterocycles. The molecule has 0 N–H and O–H groups in total. The van der Waals surface area contributed by atoms with E-state index in [9.17, 15) is 4.79 Å². The summed E-state index contributed by atoms with van der Waals surface area (Å²) in [5.41, 5.74) is 5.16. The minimum Gasteiger partial charge on any atom is -0.483 e. The quantitative estimate of drug-likeness (QED) is 0.317. The number of aryl methyl sites for hydroxylation is 2. The van der Waals surface area contributed by atoms with E-state index >= 15 is 0 Å². The standard InChI is InChI=1S/C29H34ClNO2/c1-21-7-11-25(12-8-21)29(26-13-15-27(30)16-14-26)20-31(4)19-5-6-24-9-17-28(18-10-24)33-23(3)22(2)32/h7-18,23,29H,5-6,19-20H2,1-4H3/t23-,29?/m1/s1. The van der Waals surface area contributed by atoms with Crippen LogP contribution in [0.5, 0.6) is 5.75 Å². The van der Waals surface area contributed by atoms with Crippen LogP contribution in [0.2, 0.25) is 5.02 Å². The third kappa shape index (κ3) is 7.73. The van der Waals surface area contributed by atoms with E-state index in [-0.39, 0.29) is 5.78 Å². The van der Waals surface area contributed by atoms with Gasteiger partial charge in [0.1, 0.15) is 5.75 Å². The molecule has 2 atom stereocenters. The van der Waals surface area contributed by atoms with Gasteiger partial charge in [0.2, 0.25) is 0 Å². The lowest BCUT2D eigenvalue weighted by Crippen LogP contribution is -2.26. The Morgan fingerprint density at radius 3 is 2.09 bits per heavy atom. The Labute approximate surface area is 203 Å². The highest BCUT2D eigenvalue weighted by molar-refractivity contribution is 6.30. The van der Waals surface area contributed by atoms with Gasteiger partial charge in [-0.1, -0.05) is 65.7 Å². The van der Waals surface area contributed by atoms with Crippen LogP contribution < -0.4 is 4.74 Å². The molecule has 3 aromatic carbocycles.